The summed E-state index contributed by atoms with van der Waals surface area (Å²) < 4.78 is 11.4. The Bertz CT molecular complexity index is 650. The van der Waals surface area contributed by atoms with Crippen molar-refractivity contribution in [3.8, 4) is 5.75 Å². The molecule has 0 fully saturated rings. The zero-order valence-corrected chi connectivity index (χ0v) is 12.7. The van der Waals surface area contributed by atoms with Gasteiger partial charge in [0, 0.05) is 29.7 Å². The van der Waals surface area contributed by atoms with Gasteiger partial charge in [-0.2, -0.15) is 12.6 Å². The lowest BCUT2D eigenvalue weighted by Gasteiger charge is -2.09. The highest BCUT2D eigenvalue weighted by Gasteiger charge is 2.18. The fourth-order valence-corrected chi connectivity index (χ4v) is 2.84. The Balaban J connectivity index is 1.73. The number of amides is 1. The minimum Gasteiger partial charge on any atom is -0.484 e. The van der Waals surface area contributed by atoms with Crippen molar-refractivity contribution in [3.05, 3.63) is 29.5 Å². The van der Waals surface area contributed by atoms with E-state index in [0.717, 1.165) is 29.6 Å². The number of rotatable bonds is 5. The molecular formula is C16H19NO3S. The molecule has 1 aliphatic carbocycles. The van der Waals surface area contributed by atoms with Gasteiger partial charge in [0.05, 0.1) is 0 Å². The lowest BCUT2D eigenvalue weighted by molar-refractivity contribution is -0.122. The maximum atomic E-state index is 11.5. The third kappa shape index (κ3) is 3.18. The summed E-state index contributed by atoms with van der Waals surface area (Å²) in [6, 6.07) is 5.76. The van der Waals surface area contributed by atoms with Gasteiger partial charge >= 0.3 is 0 Å². The predicted molar refractivity (Wildman–Crippen MR) is 85.2 cm³/mol. The summed E-state index contributed by atoms with van der Waals surface area (Å²) in [6.45, 7) is 0.582. The Hall–Kier alpha value is -1.62. The Morgan fingerprint density at radius 2 is 2.19 bits per heavy atom. The molecule has 1 N–H and O–H groups in total. The van der Waals surface area contributed by atoms with Gasteiger partial charge in [0.25, 0.3) is 5.91 Å². The number of benzene rings is 1. The summed E-state index contributed by atoms with van der Waals surface area (Å²) in [4.78, 5) is 11.5. The van der Waals surface area contributed by atoms with Crippen molar-refractivity contribution in [2.45, 2.75) is 25.7 Å². The van der Waals surface area contributed by atoms with Gasteiger partial charge in [-0.1, -0.05) is 0 Å². The first-order chi connectivity index (χ1) is 10.3. The molecule has 3 rings (SSSR count). The molecular weight excluding hydrogens is 286 g/mol. The van der Waals surface area contributed by atoms with Crippen LogP contribution < -0.4 is 10.1 Å². The van der Waals surface area contributed by atoms with Crippen LogP contribution in [0.2, 0.25) is 0 Å². The number of furan rings is 1. The van der Waals surface area contributed by atoms with Crippen molar-refractivity contribution in [1.82, 2.24) is 5.32 Å². The van der Waals surface area contributed by atoms with Gasteiger partial charge in [-0.3, -0.25) is 4.79 Å². The van der Waals surface area contributed by atoms with E-state index in [-0.39, 0.29) is 12.5 Å². The van der Waals surface area contributed by atoms with Crippen LogP contribution in [0, 0.1) is 0 Å². The van der Waals surface area contributed by atoms with Gasteiger partial charge in [0.1, 0.15) is 17.1 Å². The molecule has 5 heteroatoms. The molecule has 1 heterocycles. The van der Waals surface area contributed by atoms with Crippen molar-refractivity contribution >= 4 is 29.5 Å². The van der Waals surface area contributed by atoms with Crippen LogP contribution in [0.15, 0.2) is 22.6 Å². The van der Waals surface area contributed by atoms with Crippen molar-refractivity contribution in [1.29, 1.82) is 0 Å². The minimum absolute atomic E-state index is 0.0271. The molecule has 1 amide bonds. The van der Waals surface area contributed by atoms with E-state index in [1.165, 1.54) is 18.4 Å². The zero-order chi connectivity index (χ0) is 14.7. The van der Waals surface area contributed by atoms with Gasteiger partial charge in [-0.15, -0.1) is 0 Å². The smallest absolute Gasteiger partial charge is 0.257 e. The van der Waals surface area contributed by atoms with E-state index < -0.39 is 0 Å². The lowest BCUT2D eigenvalue weighted by Crippen LogP contribution is -2.30. The number of thiol groups is 1. The van der Waals surface area contributed by atoms with E-state index in [1.807, 2.05) is 18.2 Å². The number of aryl methyl sites for hydroxylation is 2. The van der Waals surface area contributed by atoms with Crippen LogP contribution in [0.1, 0.15) is 24.2 Å². The highest BCUT2D eigenvalue weighted by molar-refractivity contribution is 7.80. The summed E-state index contributed by atoms with van der Waals surface area (Å²) in [5, 5.41) is 3.85. The lowest BCUT2D eigenvalue weighted by atomic mass is 9.96. The zero-order valence-electron chi connectivity index (χ0n) is 11.9. The van der Waals surface area contributed by atoms with Crippen LogP contribution in [-0.4, -0.2) is 24.8 Å². The largest absolute Gasteiger partial charge is 0.484 e. The average molecular weight is 305 g/mol. The molecule has 0 spiro atoms. The molecule has 1 aliphatic rings. The van der Waals surface area contributed by atoms with Crippen LogP contribution in [0.25, 0.3) is 11.0 Å². The normalized spacial score (nSPS) is 14.0. The molecule has 2 aromatic rings. The fourth-order valence-electron chi connectivity index (χ4n) is 2.73. The quantitative estimate of drug-likeness (QED) is 0.835. The van der Waals surface area contributed by atoms with Gasteiger partial charge in [-0.25, -0.2) is 0 Å². The van der Waals surface area contributed by atoms with Gasteiger partial charge in [-0.05, 0) is 37.5 Å². The van der Waals surface area contributed by atoms with Crippen molar-refractivity contribution < 1.29 is 13.9 Å². The van der Waals surface area contributed by atoms with Crippen molar-refractivity contribution in [2.75, 3.05) is 18.9 Å². The fraction of sp³-hybridized carbons (Fsp3) is 0.438. The second kappa shape index (κ2) is 6.43. The van der Waals surface area contributed by atoms with Crippen molar-refractivity contribution in [3.63, 3.8) is 0 Å². The molecule has 112 valence electrons. The van der Waals surface area contributed by atoms with Gasteiger partial charge in [0.2, 0.25) is 0 Å². The number of carbonyl (C=O) groups is 1. The van der Waals surface area contributed by atoms with Gasteiger partial charge in [0.15, 0.2) is 6.61 Å². The number of hydrogen-bond acceptors (Lipinski definition) is 4. The molecule has 1 aromatic heterocycles. The van der Waals surface area contributed by atoms with E-state index in [0.29, 0.717) is 18.0 Å². The van der Waals surface area contributed by atoms with Crippen molar-refractivity contribution in [2.24, 2.45) is 0 Å². The number of ether oxygens (including phenoxy) is 1. The molecule has 0 aliphatic heterocycles. The third-order valence-corrected chi connectivity index (χ3v) is 3.95. The first-order valence-corrected chi connectivity index (χ1v) is 7.96. The highest BCUT2D eigenvalue weighted by atomic mass is 32.1. The second-order valence-corrected chi connectivity index (χ2v) is 5.68. The Kier molecular flexibility index (Phi) is 4.39. The topological polar surface area (TPSA) is 51.5 Å². The predicted octanol–water partition coefficient (Wildman–Crippen LogP) is 2.74. The molecule has 0 unspecified atom stereocenters. The standard InChI is InChI=1S/C16H19NO3S/c18-16(17-7-8-21)10-19-11-5-6-15-13(9-11)12-3-1-2-4-14(12)20-15/h5-6,9,21H,1-4,7-8,10H2,(H,17,18). The first kappa shape index (κ1) is 14.3. The van der Waals surface area contributed by atoms with Crippen LogP contribution in [0.5, 0.6) is 5.75 Å². The third-order valence-electron chi connectivity index (χ3n) is 3.73. The number of carbonyl (C=O) groups excluding carboxylic acids is 1. The average Bonchev–Trinajstić information content (AvgIpc) is 2.89. The molecule has 0 bridgehead atoms. The number of fused-ring (bicyclic) bond motifs is 3. The summed E-state index contributed by atoms with van der Waals surface area (Å²) in [5.41, 5.74) is 2.22. The number of hydrogen-bond donors (Lipinski definition) is 2. The monoisotopic (exact) mass is 305 g/mol. The maximum absolute atomic E-state index is 11.5. The Morgan fingerprint density at radius 3 is 3.05 bits per heavy atom. The molecule has 1 aromatic carbocycles. The summed E-state index contributed by atoms with van der Waals surface area (Å²) in [6.07, 6.45) is 4.49. The molecule has 0 saturated heterocycles. The molecule has 21 heavy (non-hydrogen) atoms. The summed E-state index contributed by atoms with van der Waals surface area (Å²) in [5.74, 6) is 2.31. The van der Waals surface area contributed by atoms with Crippen LogP contribution >= 0.6 is 12.6 Å². The molecule has 0 radical (unpaired) electrons. The van der Waals surface area contributed by atoms with E-state index in [4.69, 9.17) is 9.15 Å². The van der Waals surface area contributed by atoms with E-state index in [1.54, 1.807) is 0 Å². The summed E-state index contributed by atoms with van der Waals surface area (Å²) >= 11 is 4.05. The maximum Gasteiger partial charge on any atom is 0.257 e. The van der Waals surface area contributed by atoms with Crippen LogP contribution in [0.4, 0.5) is 0 Å². The second-order valence-electron chi connectivity index (χ2n) is 5.23. The molecule has 0 atom stereocenters. The Morgan fingerprint density at radius 1 is 1.33 bits per heavy atom. The highest BCUT2D eigenvalue weighted by Crippen LogP contribution is 2.33. The van der Waals surface area contributed by atoms with Crippen LogP contribution in [-0.2, 0) is 17.6 Å². The SMILES string of the molecule is O=C(COc1ccc2oc3c(c2c1)CCCC3)NCCS. The Labute approximate surface area is 129 Å². The minimum atomic E-state index is -0.127. The first-order valence-electron chi connectivity index (χ1n) is 7.32. The van der Waals surface area contributed by atoms with E-state index in [9.17, 15) is 4.79 Å². The molecule has 0 saturated carbocycles. The van der Waals surface area contributed by atoms with E-state index >= 15 is 0 Å². The summed E-state index contributed by atoms with van der Waals surface area (Å²) in [7, 11) is 0. The van der Waals surface area contributed by atoms with Crippen LogP contribution in [0.3, 0.4) is 0 Å². The van der Waals surface area contributed by atoms with Gasteiger partial charge < -0.3 is 14.5 Å². The number of nitrogens with one attached hydrogen (secondary N) is 1. The molecule has 4 nitrogen and oxygen atoms in total. The van der Waals surface area contributed by atoms with E-state index in [2.05, 4.69) is 17.9 Å².